The number of rotatable bonds is 6. The van der Waals surface area contributed by atoms with Gasteiger partial charge in [0.25, 0.3) is 0 Å². The van der Waals surface area contributed by atoms with Crippen molar-refractivity contribution < 1.29 is 23.1 Å². The third kappa shape index (κ3) is 3.56. The molecule has 112 valence electrons. The van der Waals surface area contributed by atoms with Gasteiger partial charge in [-0.2, -0.15) is 5.10 Å². The summed E-state index contributed by atoms with van der Waals surface area (Å²) in [5, 5.41) is 12.4. The Morgan fingerprint density at radius 1 is 1.65 bits per heavy atom. The van der Waals surface area contributed by atoms with Crippen LogP contribution in [0, 0.1) is 0 Å². The Bertz CT molecular complexity index is 589. The molecule has 0 bridgehead atoms. The lowest BCUT2D eigenvalue weighted by Crippen LogP contribution is -2.46. The lowest BCUT2D eigenvalue weighted by atomic mass is 10.0. The molecular formula is C11H17N3O5S. The number of ether oxygens (including phenoxy) is 1. The minimum absolute atomic E-state index is 0.0241. The molecule has 1 saturated heterocycles. The summed E-state index contributed by atoms with van der Waals surface area (Å²) < 4.78 is 33.5. The topological polar surface area (TPSA) is 111 Å². The largest absolute Gasteiger partial charge is 0.481 e. The van der Waals surface area contributed by atoms with Crippen molar-refractivity contribution in [3.05, 3.63) is 12.4 Å². The lowest BCUT2D eigenvalue weighted by molar-refractivity contribution is -0.137. The van der Waals surface area contributed by atoms with Crippen LogP contribution < -0.4 is 4.72 Å². The van der Waals surface area contributed by atoms with Gasteiger partial charge in [-0.15, -0.1) is 0 Å². The first-order chi connectivity index (χ1) is 9.31. The number of carboxylic acid groups (broad SMARTS) is 1. The van der Waals surface area contributed by atoms with Gasteiger partial charge in [-0.1, -0.05) is 0 Å². The van der Waals surface area contributed by atoms with Crippen LogP contribution in [0.4, 0.5) is 0 Å². The summed E-state index contributed by atoms with van der Waals surface area (Å²) in [5.74, 6) is -0.960. The van der Waals surface area contributed by atoms with Gasteiger partial charge in [-0.25, -0.2) is 13.1 Å². The quantitative estimate of drug-likeness (QED) is 0.754. The first-order valence-electron chi connectivity index (χ1n) is 6.17. The maximum absolute atomic E-state index is 12.2. The summed E-state index contributed by atoms with van der Waals surface area (Å²) in [6.45, 7) is 2.77. The van der Waals surface area contributed by atoms with E-state index in [0.717, 1.165) is 0 Å². The Morgan fingerprint density at radius 3 is 3.00 bits per heavy atom. The third-order valence-corrected chi connectivity index (χ3v) is 4.67. The second kappa shape index (κ2) is 5.51. The number of nitrogens with one attached hydrogen (secondary N) is 1. The molecule has 1 atom stereocenters. The average molecular weight is 303 g/mol. The van der Waals surface area contributed by atoms with Crippen molar-refractivity contribution in [1.82, 2.24) is 14.5 Å². The molecule has 1 fully saturated rings. The molecule has 0 amide bonds. The van der Waals surface area contributed by atoms with Gasteiger partial charge >= 0.3 is 5.97 Å². The zero-order valence-corrected chi connectivity index (χ0v) is 11.9. The maximum atomic E-state index is 12.2. The van der Waals surface area contributed by atoms with Crippen molar-refractivity contribution in [3.63, 3.8) is 0 Å². The van der Waals surface area contributed by atoms with E-state index >= 15 is 0 Å². The van der Waals surface area contributed by atoms with Gasteiger partial charge in [0.2, 0.25) is 10.0 Å². The number of aryl methyl sites for hydroxylation is 1. The highest BCUT2D eigenvalue weighted by atomic mass is 32.2. The SMILES string of the molecule is CC1(NS(=O)(=O)c2cnn(CCC(=O)O)c2)CCOC1. The van der Waals surface area contributed by atoms with Crippen molar-refractivity contribution in [1.29, 1.82) is 0 Å². The molecule has 1 aromatic heterocycles. The van der Waals surface area contributed by atoms with E-state index in [-0.39, 0.29) is 17.9 Å². The van der Waals surface area contributed by atoms with Crippen molar-refractivity contribution >= 4 is 16.0 Å². The molecule has 9 heteroatoms. The minimum atomic E-state index is -3.68. The van der Waals surface area contributed by atoms with Gasteiger partial charge < -0.3 is 9.84 Å². The fourth-order valence-corrected chi connectivity index (χ4v) is 3.32. The van der Waals surface area contributed by atoms with E-state index in [0.29, 0.717) is 19.6 Å². The molecule has 1 aromatic rings. The van der Waals surface area contributed by atoms with Crippen LogP contribution in [-0.2, 0) is 26.1 Å². The van der Waals surface area contributed by atoms with E-state index in [1.165, 1.54) is 17.1 Å². The number of hydrogen-bond acceptors (Lipinski definition) is 5. The van der Waals surface area contributed by atoms with Crippen LogP contribution in [0.2, 0.25) is 0 Å². The van der Waals surface area contributed by atoms with Crippen molar-refractivity contribution in [3.8, 4) is 0 Å². The van der Waals surface area contributed by atoms with Crippen LogP contribution in [0.1, 0.15) is 19.8 Å². The maximum Gasteiger partial charge on any atom is 0.305 e. The Morgan fingerprint density at radius 2 is 2.40 bits per heavy atom. The van der Waals surface area contributed by atoms with Crippen LogP contribution in [0.3, 0.4) is 0 Å². The summed E-state index contributed by atoms with van der Waals surface area (Å²) in [6, 6.07) is 0. The molecule has 1 aliphatic heterocycles. The molecule has 0 aliphatic carbocycles. The highest BCUT2D eigenvalue weighted by Crippen LogP contribution is 2.21. The van der Waals surface area contributed by atoms with E-state index in [1.807, 2.05) is 0 Å². The molecule has 0 radical (unpaired) electrons. The first-order valence-corrected chi connectivity index (χ1v) is 7.65. The molecular weight excluding hydrogens is 286 g/mol. The standard InChI is InChI=1S/C11H17N3O5S/c1-11(3-5-19-8-11)13-20(17,18)9-6-12-14(7-9)4-2-10(15)16/h6-7,13H,2-5,8H2,1H3,(H,15,16). The Balaban J connectivity index is 2.07. The fourth-order valence-electron chi connectivity index (χ4n) is 1.95. The summed E-state index contributed by atoms with van der Waals surface area (Å²) in [7, 11) is -3.68. The molecule has 0 spiro atoms. The molecule has 1 unspecified atom stereocenters. The molecule has 2 N–H and O–H groups in total. The highest BCUT2D eigenvalue weighted by molar-refractivity contribution is 7.89. The van der Waals surface area contributed by atoms with Gasteiger partial charge in [0.1, 0.15) is 4.90 Å². The summed E-state index contributed by atoms with van der Waals surface area (Å²) >= 11 is 0. The van der Waals surface area contributed by atoms with Gasteiger partial charge in [0.05, 0.1) is 31.3 Å². The number of nitrogens with zero attached hydrogens (tertiary/aromatic N) is 2. The van der Waals surface area contributed by atoms with Crippen molar-refractivity contribution in [2.75, 3.05) is 13.2 Å². The summed E-state index contributed by atoms with van der Waals surface area (Å²) in [6.07, 6.45) is 3.04. The van der Waals surface area contributed by atoms with E-state index in [1.54, 1.807) is 6.92 Å². The Labute approximate surface area is 116 Å². The van der Waals surface area contributed by atoms with Gasteiger partial charge in [-0.05, 0) is 13.3 Å². The smallest absolute Gasteiger partial charge is 0.305 e. The van der Waals surface area contributed by atoms with Crippen LogP contribution in [-0.4, -0.2) is 48.0 Å². The highest BCUT2D eigenvalue weighted by Gasteiger charge is 2.35. The van der Waals surface area contributed by atoms with E-state index in [9.17, 15) is 13.2 Å². The number of hydrogen-bond donors (Lipinski definition) is 2. The fraction of sp³-hybridized carbons (Fsp3) is 0.636. The number of aromatic nitrogens is 2. The second-order valence-electron chi connectivity index (χ2n) is 5.05. The molecule has 2 rings (SSSR count). The summed E-state index contributed by atoms with van der Waals surface area (Å²) in [5.41, 5.74) is -0.609. The first kappa shape index (κ1) is 14.9. The predicted molar refractivity (Wildman–Crippen MR) is 68.6 cm³/mol. The van der Waals surface area contributed by atoms with Crippen LogP contribution in [0.25, 0.3) is 0 Å². The lowest BCUT2D eigenvalue weighted by Gasteiger charge is -2.22. The molecule has 8 nitrogen and oxygen atoms in total. The van der Waals surface area contributed by atoms with Gasteiger partial charge in [-0.3, -0.25) is 9.48 Å². The molecule has 0 saturated carbocycles. The van der Waals surface area contributed by atoms with Crippen LogP contribution in [0.15, 0.2) is 17.3 Å². The summed E-state index contributed by atoms with van der Waals surface area (Å²) in [4.78, 5) is 10.5. The Hall–Kier alpha value is -1.45. The van der Waals surface area contributed by atoms with E-state index in [2.05, 4.69) is 9.82 Å². The zero-order chi connectivity index (χ0) is 14.8. The average Bonchev–Trinajstić information content (AvgIpc) is 2.95. The normalized spacial score (nSPS) is 23.1. The predicted octanol–water partition coefficient (Wildman–Crippen LogP) is -0.185. The molecule has 1 aliphatic rings. The van der Waals surface area contributed by atoms with E-state index < -0.39 is 21.5 Å². The molecule has 20 heavy (non-hydrogen) atoms. The van der Waals surface area contributed by atoms with Crippen molar-refractivity contribution in [2.24, 2.45) is 0 Å². The minimum Gasteiger partial charge on any atom is -0.481 e. The Kier molecular flexibility index (Phi) is 4.11. The van der Waals surface area contributed by atoms with Gasteiger partial charge in [0, 0.05) is 12.8 Å². The monoisotopic (exact) mass is 303 g/mol. The number of carboxylic acids is 1. The zero-order valence-electron chi connectivity index (χ0n) is 11.1. The van der Waals surface area contributed by atoms with Crippen LogP contribution in [0.5, 0.6) is 0 Å². The number of aliphatic carboxylic acids is 1. The van der Waals surface area contributed by atoms with Crippen molar-refractivity contribution in [2.45, 2.75) is 36.7 Å². The second-order valence-corrected chi connectivity index (χ2v) is 6.73. The van der Waals surface area contributed by atoms with Gasteiger partial charge in [0.15, 0.2) is 0 Å². The van der Waals surface area contributed by atoms with E-state index in [4.69, 9.17) is 9.84 Å². The van der Waals surface area contributed by atoms with Crippen LogP contribution >= 0.6 is 0 Å². The molecule has 0 aromatic carbocycles. The molecule has 2 heterocycles. The third-order valence-electron chi connectivity index (χ3n) is 3.07. The number of carbonyl (C=O) groups is 1. The number of sulfonamides is 1.